The van der Waals surface area contributed by atoms with Gasteiger partial charge < -0.3 is 15.2 Å². The van der Waals surface area contributed by atoms with E-state index in [0.29, 0.717) is 6.54 Å². The van der Waals surface area contributed by atoms with Gasteiger partial charge in [-0.15, -0.1) is 0 Å². The number of aryl methyl sites for hydroxylation is 1. The molecule has 0 saturated carbocycles. The summed E-state index contributed by atoms with van der Waals surface area (Å²) in [6.45, 7) is 4.55. The zero-order chi connectivity index (χ0) is 22.7. The summed E-state index contributed by atoms with van der Waals surface area (Å²) in [4.78, 5) is 20.8. The Labute approximate surface area is 189 Å². The molecule has 0 bridgehead atoms. The molecule has 0 amide bonds. The molecule has 2 aromatic rings. The molecule has 1 aromatic carbocycles. The SMILES string of the molecule is COc1c(C)cnc(CNC2=Nc3cc(C(=O)O)ccc3C2CCC2=CCCCC2)c1C. The van der Waals surface area contributed by atoms with Crippen molar-refractivity contribution in [2.75, 3.05) is 7.11 Å². The van der Waals surface area contributed by atoms with Gasteiger partial charge >= 0.3 is 5.97 Å². The predicted octanol–water partition coefficient (Wildman–Crippen LogP) is 5.60. The second kappa shape index (κ2) is 9.55. The van der Waals surface area contributed by atoms with E-state index in [0.717, 1.165) is 52.5 Å². The maximum Gasteiger partial charge on any atom is 0.335 e. The molecule has 2 heterocycles. The fraction of sp³-hybridized carbons (Fsp3) is 0.423. The number of allylic oxidation sites excluding steroid dienone is 2. The third-order valence-corrected chi connectivity index (χ3v) is 6.55. The third kappa shape index (κ3) is 4.54. The van der Waals surface area contributed by atoms with Crippen LogP contribution in [0.3, 0.4) is 0 Å². The van der Waals surface area contributed by atoms with Crippen LogP contribution < -0.4 is 10.1 Å². The van der Waals surface area contributed by atoms with Gasteiger partial charge in [0.15, 0.2) is 0 Å². The first-order valence-corrected chi connectivity index (χ1v) is 11.3. The molecule has 32 heavy (non-hydrogen) atoms. The van der Waals surface area contributed by atoms with Crippen molar-refractivity contribution in [2.24, 2.45) is 4.99 Å². The Morgan fingerprint density at radius 2 is 2.12 bits per heavy atom. The van der Waals surface area contributed by atoms with E-state index in [9.17, 15) is 9.90 Å². The maximum atomic E-state index is 11.4. The van der Waals surface area contributed by atoms with Crippen LogP contribution in [0.1, 0.15) is 77.2 Å². The summed E-state index contributed by atoms with van der Waals surface area (Å²) in [5, 5.41) is 12.9. The van der Waals surface area contributed by atoms with E-state index in [4.69, 9.17) is 9.73 Å². The normalized spacial score (nSPS) is 17.4. The number of nitrogens with one attached hydrogen (secondary N) is 1. The second-order valence-corrected chi connectivity index (χ2v) is 8.67. The average Bonchev–Trinajstić information content (AvgIpc) is 3.14. The van der Waals surface area contributed by atoms with E-state index in [1.54, 1.807) is 19.2 Å². The van der Waals surface area contributed by atoms with Crippen molar-refractivity contribution in [2.45, 2.75) is 64.8 Å². The summed E-state index contributed by atoms with van der Waals surface area (Å²) >= 11 is 0. The molecule has 2 aliphatic rings. The number of methoxy groups -OCH3 is 1. The molecule has 0 saturated heterocycles. The van der Waals surface area contributed by atoms with Crippen molar-refractivity contribution in [1.29, 1.82) is 0 Å². The number of benzene rings is 1. The van der Waals surface area contributed by atoms with Crippen molar-refractivity contribution in [1.82, 2.24) is 10.3 Å². The summed E-state index contributed by atoms with van der Waals surface area (Å²) in [6, 6.07) is 5.29. The van der Waals surface area contributed by atoms with Gasteiger partial charge in [-0.1, -0.05) is 17.7 Å². The molecule has 2 N–H and O–H groups in total. The van der Waals surface area contributed by atoms with Crippen LogP contribution in [0.5, 0.6) is 5.75 Å². The Bertz CT molecular complexity index is 1090. The highest BCUT2D eigenvalue weighted by molar-refractivity contribution is 5.98. The third-order valence-electron chi connectivity index (χ3n) is 6.55. The zero-order valence-electron chi connectivity index (χ0n) is 19.1. The molecule has 1 aliphatic carbocycles. The van der Waals surface area contributed by atoms with Crippen molar-refractivity contribution in [3.63, 3.8) is 0 Å². The van der Waals surface area contributed by atoms with Gasteiger partial charge in [0.05, 0.1) is 30.6 Å². The summed E-state index contributed by atoms with van der Waals surface area (Å²) in [6.07, 6.45) is 11.1. The standard InChI is InChI=1S/C26H31N3O3/c1-16-14-27-23(17(2)24(16)32-3)15-28-25-21(11-9-18-7-5-4-6-8-18)20-12-10-19(26(30)31)13-22(20)29-25/h7,10,12-14,21H,4-6,8-9,11,15H2,1-3H3,(H,28,29)(H,30,31). The van der Waals surface area contributed by atoms with Gasteiger partial charge in [-0.05, 0) is 70.1 Å². The lowest BCUT2D eigenvalue weighted by atomic mass is 9.88. The molecule has 0 radical (unpaired) electrons. The maximum absolute atomic E-state index is 11.4. The van der Waals surface area contributed by atoms with Crippen LogP contribution in [-0.2, 0) is 6.54 Å². The fourth-order valence-electron chi connectivity index (χ4n) is 4.76. The monoisotopic (exact) mass is 433 g/mol. The van der Waals surface area contributed by atoms with Crippen LogP contribution >= 0.6 is 0 Å². The topological polar surface area (TPSA) is 83.8 Å². The number of fused-ring (bicyclic) bond motifs is 1. The quantitative estimate of drug-likeness (QED) is 0.555. The molecule has 1 unspecified atom stereocenters. The molecule has 1 aromatic heterocycles. The van der Waals surface area contributed by atoms with Gasteiger partial charge in [-0.2, -0.15) is 0 Å². The van der Waals surface area contributed by atoms with Gasteiger partial charge in [-0.25, -0.2) is 9.79 Å². The molecule has 0 fully saturated rings. The highest BCUT2D eigenvalue weighted by Gasteiger charge is 2.28. The highest BCUT2D eigenvalue weighted by atomic mass is 16.5. The number of aromatic nitrogens is 1. The van der Waals surface area contributed by atoms with Crippen LogP contribution in [0.25, 0.3) is 0 Å². The molecule has 6 nitrogen and oxygen atoms in total. The van der Waals surface area contributed by atoms with E-state index < -0.39 is 5.97 Å². The number of pyridine rings is 1. The van der Waals surface area contributed by atoms with E-state index in [-0.39, 0.29) is 11.5 Å². The average molecular weight is 434 g/mol. The number of hydrogen-bond acceptors (Lipinski definition) is 5. The van der Waals surface area contributed by atoms with Crippen molar-refractivity contribution < 1.29 is 14.6 Å². The Morgan fingerprint density at radius 3 is 2.84 bits per heavy atom. The minimum Gasteiger partial charge on any atom is -0.496 e. The summed E-state index contributed by atoms with van der Waals surface area (Å²) in [7, 11) is 1.68. The number of carboxylic acid groups (broad SMARTS) is 1. The Balaban J connectivity index is 1.56. The number of aromatic carboxylic acids is 1. The molecular weight excluding hydrogens is 402 g/mol. The Hall–Kier alpha value is -3.15. The first-order valence-electron chi connectivity index (χ1n) is 11.3. The van der Waals surface area contributed by atoms with Crippen LogP contribution in [0.4, 0.5) is 5.69 Å². The lowest BCUT2D eigenvalue weighted by Crippen LogP contribution is -2.28. The molecular formula is C26H31N3O3. The molecule has 4 rings (SSSR count). The number of rotatable bonds is 7. The van der Waals surface area contributed by atoms with E-state index in [1.165, 1.54) is 31.3 Å². The second-order valence-electron chi connectivity index (χ2n) is 8.67. The smallest absolute Gasteiger partial charge is 0.335 e. The van der Waals surface area contributed by atoms with Gasteiger partial charge in [0.1, 0.15) is 11.6 Å². The molecule has 6 heteroatoms. The summed E-state index contributed by atoms with van der Waals surface area (Å²) in [5.41, 5.74) is 6.61. The van der Waals surface area contributed by atoms with Gasteiger partial charge in [0, 0.05) is 23.2 Å². The van der Waals surface area contributed by atoms with E-state index in [2.05, 4.69) is 16.4 Å². The Morgan fingerprint density at radius 1 is 1.28 bits per heavy atom. The van der Waals surface area contributed by atoms with E-state index >= 15 is 0 Å². The lowest BCUT2D eigenvalue weighted by Gasteiger charge is -2.19. The number of carbonyl (C=O) groups is 1. The number of aliphatic imine (C=N–C) groups is 1. The first kappa shape index (κ1) is 22.1. The number of nitrogens with zero attached hydrogens (tertiary/aromatic N) is 2. The predicted molar refractivity (Wildman–Crippen MR) is 126 cm³/mol. The minimum atomic E-state index is -0.931. The van der Waals surface area contributed by atoms with Crippen molar-refractivity contribution >= 4 is 17.5 Å². The van der Waals surface area contributed by atoms with Crippen LogP contribution in [0.15, 0.2) is 41.0 Å². The van der Waals surface area contributed by atoms with Crippen LogP contribution in [0.2, 0.25) is 0 Å². The molecule has 0 spiro atoms. The highest BCUT2D eigenvalue weighted by Crippen LogP contribution is 2.39. The number of hydrogen-bond donors (Lipinski definition) is 2. The molecule has 1 atom stereocenters. The lowest BCUT2D eigenvalue weighted by molar-refractivity contribution is 0.0697. The fourth-order valence-corrected chi connectivity index (χ4v) is 4.76. The van der Waals surface area contributed by atoms with E-state index in [1.807, 2.05) is 26.1 Å². The largest absolute Gasteiger partial charge is 0.496 e. The minimum absolute atomic E-state index is 0.128. The van der Waals surface area contributed by atoms with Gasteiger partial charge in [0.2, 0.25) is 0 Å². The van der Waals surface area contributed by atoms with Gasteiger partial charge in [-0.3, -0.25) is 4.98 Å². The van der Waals surface area contributed by atoms with Crippen molar-refractivity contribution in [3.05, 3.63) is 64.0 Å². The molecule has 168 valence electrons. The first-order chi connectivity index (χ1) is 15.5. The molecule has 1 aliphatic heterocycles. The van der Waals surface area contributed by atoms with Crippen LogP contribution in [0, 0.1) is 13.8 Å². The summed E-state index contributed by atoms with van der Waals surface area (Å²) in [5.74, 6) is 0.947. The van der Waals surface area contributed by atoms with Gasteiger partial charge in [0.25, 0.3) is 0 Å². The number of amidine groups is 1. The zero-order valence-corrected chi connectivity index (χ0v) is 19.1. The number of ether oxygens (including phenoxy) is 1. The Kier molecular flexibility index (Phi) is 6.58. The summed E-state index contributed by atoms with van der Waals surface area (Å²) < 4.78 is 5.54. The van der Waals surface area contributed by atoms with Crippen LogP contribution in [-0.4, -0.2) is 29.0 Å². The number of carboxylic acids is 1. The van der Waals surface area contributed by atoms with Crippen molar-refractivity contribution in [3.8, 4) is 5.75 Å².